The highest BCUT2D eigenvalue weighted by molar-refractivity contribution is 5.79. The van der Waals surface area contributed by atoms with E-state index in [1.54, 1.807) is 0 Å². The fraction of sp³-hybridized carbons (Fsp3) is 0.211. The average Bonchev–Trinajstić information content (AvgIpc) is 2.51. The fourth-order valence-electron chi connectivity index (χ4n) is 2.72. The van der Waals surface area contributed by atoms with Crippen molar-refractivity contribution in [2.45, 2.75) is 20.4 Å². The molecule has 0 atom stereocenters. The third-order valence-corrected chi connectivity index (χ3v) is 3.98. The van der Waals surface area contributed by atoms with Crippen LogP contribution in [0.1, 0.15) is 23.7 Å². The van der Waals surface area contributed by atoms with Crippen LogP contribution in [0.5, 0.6) is 0 Å². The number of benzene rings is 1. The Bertz CT molecular complexity index is 726. The van der Waals surface area contributed by atoms with Gasteiger partial charge in [0.05, 0.1) is 0 Å². The molecule has 2 heteroatoms. The Morgan fingerprint density at radius 3 is 2.81 bits per heavy atom. The summed E-state index contributed by atoms with van der Waals surface area (Å²) in [6, 6.07) is 12.9. The molecule has 2 aromatic rings. The number of allylic oxidation sites excluding steroid dienone is 1. The molecule has 3 rings (SSSR count). The molecule has 0 aliphatic carbocycles. The highest BCUT2D eigenvalue weighted by Crippen LogP contribution is 2.30. The highest BCUT2D eigenvalue weighted by atomic mass is 15.1. The van der Waals surface area contributed by atoms with Crippen molar-refractivity contribution >= 4 is 17.8 Å². The van der Waals surface area contributed by atoms with Gasteiger partial charge in [-0.3, -0.25) is 0 Å². The number of fused-ring (bicyclic) bond motifs is 1. The second-order valence-electron chi connectivity index (χ2n) is 5.44. The molecular weight excluding hydrogens is 256 g/mol. The Hall–Kier alpha value is -2.35. The lowest BCUT2D eigenvalue weighted by Gasteiger charge is -2.26. The molecule has 1 aliphatic heterocycles. The summed E-state index contributed by atoms with van der Waals surface area (Å²) in [5, 5.41) is 0. The normalized spacial score (nSPS) is 15.4. The Labute approximate surface area is 126 Å². The molecule has 0 unspecified atom stereocenters. The predicted molar refractivity (Wildman–Crippen MR) is 88.9 cm³/mol. The van der Waals surface area contributed by atoms with Gasteiger partial charge in [0.25, 0.3) is 0 Å². The smallest absolute Gasteiger partial charge is 0.207 e. The van der Waals surface area contributed by atoms with Crippen molar-refractivity contribution in [3.05, 3.63) is 71.2 Å². The van der Waals surface area contributed by atoms with E-state index in [0.29, 0.717) is 0 Å². The number of likely N-dealkylation sites (N-methyl/N-ethyl adjacent to an activating group) is 1. The van der Waals surface area contributed by atoms with Crippen LogP contribution in [0.3, 0.4) is 0 Å². The molecule has 2 heterocycles. The van der Waals surface area contributed by atoms with Gasteiger partial charge in [0.2, 0.25) is 5.69 Å². The van der Waals surface area contributed by atoms with Gasteiger partial charge in [-0.25, -0.2) is 0 Å². The first-order valence-corrected chi connectivity index (χ1v) is 7.41. The molecule has 1 aromatic heterocycles. The number of pyridine rings is 1. The van der Waals surface area contributed by atoms with E-state index in [-0.39, 0.29) is 0 Å². The van der Waals surface area contributed by atoms with Gasteiger partial charge in [0.1, 0.15) is 6.54 Å². The zero-order valence-electron chi connectivity index (χ0n) is 12.9. The molecule has 0 bridgehead atoms. The van der Waals surface area contributed by atoms with E-state index in [2.05, 4.69) is 91.2 Å². The first-order valence-electron chi connectivity index (χ1n) is 7.41. The lowest BCUT2D eigenvalue weighted by molar-refractivity contribution is -0.695. The Kier molecular flexibility index (Phi) is 3.61. The van der Waals surface area contributed by atoms with Crippen molar-refractivity contribution in [3.8, 4) is 0 Å². The molecule has 0 amide bonds. The maximum Gasteiger partial charge on any atom is 0.207 e. The third kappa shape index (κ3) is 2.62. The lowest BCUT2D eigenvalue weighted by atomic mass is 10.0. The molecule has 0 spiro atoms. The number of aryl methyl sites for hydroxylation is 2. The summed E-state index contributed by atoms with van der Waals surface area (Å²) < 4.78 is 2.25. The lowest BCUT2D eigenvalue weighted by Crippen LogP contribution is -2.35. The number of hydrogen-bond acceptors (Lipinski definition) is 1. The molecule has 0 fully saturated rings. The molecule has 0 saturated carbocycles. The largest absolute Gasteiger partial charge is 0.344 e. The number of aromatic nitrogens is 1. The molecule has 0 saturated heterocycles. The van der Waals surface area contributed by atoms with Crippen molar-refractivity contribution in [1.29, 1.82) is 0 Å². The summed E-state index contributed by atoms with van der Waals surface area (Å²) in [5.74, 6) is 0. The SMILES string of the molecule is CC[n+]1ccccc1C=C1C=Cc2ccc(C)cc2N1C. The molecular formula is C19H21N2+. The molecule has 21 heavy (non-hydrogen) atoms. The van der Waals surface area contributed by atoms with Crippen LogP contribution < -0.4 is 9.47 Å². The van der Waals surface area contributed by atoms with Crippen molar-refractivity contribution in [3.63, 3.8) is 0 Å². The second-order valence-corrected chi connectivity index (χ2v) is 5.44. The Balaban J connectivity index is 2.03. The summed E-state index contributed by atoms with van der Waals surface area (Å²) in [6.45, 7) is 5.28. The first kappa shape index (κ1) is 13.6. The van der Waals surface area contributed by atoms with Gasteiger partial charge in [0.15, 0.2) is 6.20 Å². The van der Waals surface area contributed by atoms with Gasteiger partial charge in [0, 0.05) is 36.6 Å². The van der Waals surface area contributed by atoms with Crippen LogP contribution in [-0.2, 0) is 6.54 Å². The second kappa shape index (κ2) is 5.57. The number of nitrogens with zero attached hydrogens (tertiary/aromatic N) is 2. The molecule has 2 nitrogen and oxygen atoms in total. The predicted octanol–water partition coefficient (Wildman–Crippen LogP) is 3.81. The number of rotatable bonds is 2. The van der Waals surface area contributed by atoms with Gasteiger partial charge >= 0.3 is 0 Å². The minimum Gasteiger partial charge on any atom is -0.344 e. The van der Waals surface area contributed by atoms with E-state index in [1.807, 2.05) is 0 Å². The van der Waals surface area contributed by atoms with E-state index in [0.717, 1.165) is 6.54 Å². The standard InChI is InChI=1S/C19H21N2/c1-4-21-12-6-5-7-18(21)14-17-11-10-16-9-8-15(2)13-19(16)20(17)3/h5-14H,4H2,1-3H3/q+1. The highest BCUT2D eigenvalue weighted by Gasteiger charge is 2.15. The quantitative estimate of drug-likeness (QED) is 0.757. The van der Waals surface area contributed by atoms with Gasteiger partial charge < -0.3 is 4.90 Å². The third-order valence-electron chi connectivity index (χ3n) is 3.98. The Morgan fingerprint density at radius 2 is 2.00 bits per heavy atom. The maximum absolute atomic E-state index is 2.26. The topological polar surface area (TPSA) is 7.12 Å². The minimum atomic E-state index is 0.975. The van der Waals surface area contributed by atoms with Crippen molar-refractivity contribution < 1.29 is 4.57 Å². The maximum atomic E-state index is 2.26. The summed E-state index contributed by atoms with van der Waals surface area (Å²) in [7, 11) is 2.13. The van der Waals surface area contributed by atoms with E-state index in [9.17, 15) is 0 Å². The molecule has 1 aromatic carbocycles. The molecule has 0 N–H and O–H groups in total. The van der Waals surface area contributed by atoms with Gasteiger partial charge in [-0.1, -0.05) is 18.2 Å². The van der Waals surface area contributed by atoms with Crippen molar-refractivity contribution in [2.24, 2.45) is 0 Å². The van der Waals surface area contributed by atoms with Gasteiger partial charge in [-0.15, -0.1) is 0 Å². The van der Waals surface area contributed by atoms with Crippen LogP contribution in [0.25, 0.3) is 12.2 Å². The van der Waals surface area contributed by atoms with E-state index in [4.69, 9.17) is 0 Å². The van der Waals surface area contributed by atoms with Crippen LogP contribution in [-0.4, -0.2) is 7.05 Å². The van der Waals surface area contributed by atoms with Crippen LogP contribution >= 0.6 is 0 Å². The summed E-state index contributed by atoms with van der Waals surface area (Å²) in [5.41, 5.74) is 6.27. The van der Waals surface area contributed by atoms with Crippen molar-refractivity contribution in [1.82, 2.24) is 0 Å². The van der Waals surface area contributed by atoms with E-state index >= 15 is 0 Å². The van der Waals surface area contributed by atoms with Crippen LogP contribution in [0.4, 0.5) is 5.69 Å². The van der Waals surface area contributed by atoms with E-state index in [1.165, 1.54) is 28.2 Å². The first-order chi connectivity index (χ1) is 10.2. The van der Waals surface area contributed by atoms with Gasteiger partial charge in [-0.2, -0.15) is 4.57 Å². The van der Waals surface area contributed by atoms with Crippen LogP contribution in [0.15, 0.2) is 54.4 Å². The summed E-state index contributed by atoms with van der Waals surface area (Å²) in [4.78, 5) is 2.26. The molecule has 106 valence electrons. The van der Waals surface area contributed by atoms with Gasteiger partial charge in [-0.05, 0) is 43.2 Å². The molecule has 1 aliphatic rings. The average molecular weight is 277 g/mol. The minimum absolute atomic E-state index is 0.975. The van der Waals surface area contributed by atoms with Crippen LogP contribution in [0, 0.1) is 6.92 Å². The summed E-state index contributed by atoms with van der Waals surface area (Å²) >= 11 is 0. The molecule has 0 radical (unpaired) electrons. The zero-order chi connectivity index (χ0) is 14.8. The summed E-state index contributed by atoms with van der Waals surface area (Å²) in [6.07, 6.45) is 8.74. The Morgan fingerprint density at radius 1 is 1.14 bits per heavy atom. The van der Waals surface area contributed by atoms with Crippen molar-refractivity contribution in [2.75, 3.05) is 11.9 Å². The van der Waals surface area contributed by atoms with E-state index < -0.39 is 0 Å². The number of hydrogen-bond donors (Lipinski definition) is 0. The zero-order valence-corrected chi connectivity index (χ0v) is 12.9. The monoisotopic (exact) mass is 277 g/mol. The number of anilines is 1. The van der Waals surface area contributed by atoms with Crippen LogP contribution in [0.2, 0.25) is 0 Å². The fourth-order valence-corrected chi connectivity index (χ4v) is 2.72.